The van der Waals surface area contributed by atoms with Crippen LogP contribution in [0.15, 0.2) is 28.7 Å². The Hall–Kier alpha value is -1.42. The van der Waals surface area contributed by atoms with Crippen molar-refractivity contribution in [1.82, 2.24) is 5.32 Å². The van der Waals surface area contributed by atoms with Gasteiger partial charge in [0.25, 0.3) is 0 Å². The molecule has 1 amide bonds. The van der Waals surface area contributed by atoms with Crippen LogP contribution in [0.1, 0.15) is 18.4 Å². The lowest BCUT2D eigenvalue weighted by Crippen LogP contribution is -2.18. The van der Waals surface area contributed by atoms with Gasteiger partial charge in [0.15, 0.2) is 0 Å². The molecular formula is C13H15NO2S. The van der Waals surface area contributed by atoms with Gasteiger partial charge in [0.2, 0.25) is 5.91 Å². The van der Waals surface area contributed by atoms with Crippen LogP contribution in [-0.4, -0.2) is 19.6 Å². The quantitative estimate of drug-likeness (QED) is 0.807. The molecule has 0 atom stereocenters. The highest BCUT2D eigenvalue weighted by Gasteiger charge is 2.12. The van der Waals surface area contributed by atoms with Crippen molar-refractivity contribution < 1.29 is 9.53 Å². The van der Waals surface area contributed by atoms with E-state index in [-0.39, 0.29) is 5.91 Å². The van der Waals surface area contributed by atoms with Crippen molar-refractivity contribution in [2.75, 3.05) is 13.7 Å². The Kier molecular flexibility index (Phi) is 3.74. The highest BCUT2D eigenvalue weighted by atomic mass is 32.1. The number of hydrogen-bond donors (Lipinski definition) is 2. The van der Waals surface area contributed by atoms with Crippen molar-refractivity contribution in [3.63, 3.8) is 0 Å². The normalized spacial score (nSPS) is 13.4. The molecule has 1 aliphatic rings. The SMILES string of the molecule is CNC(=O)CCC1=Cc2cc(S)ccc2OC1. The van der Waals surface area contributed by atoms with Gasteiger partial charge in [0.05, 0.1) is 0 Å². The number of carbonyl (C=O) groups excluding carboxylic acids is 1. The lowest BCUT2D eigenvalue weighted by Gasteiger charge is -2.18. The first kappa shape index (κ1) is 12.0. The molecule has 0 aromatic heterocycles. The number of benzene rings is 1. The van der Waals surface area contributed by atoms with Crippen LogP contribution in [-0.2, 0) is 4.79 Å². The summed E-state index contributed by atoms with van der Waals surface area (Å²) in [5.41, 5.74) is 2.18. The van der Waals surface area contributed by atoms with E-state index < -0.39 is 0 Å². The summed E-state index contributed by atoms with van der Waals surface area (Å²) in [7, 11) is 1.65. The van der Waals surface area contributed by atoms with E-state index in [1.165, 1.54) is 0 Å². The van der Waals surface area contributed by atoms with E-state index in [9.17, 15) is 4.79 Å². The molecule has 1 aromatic carbocycles. The van der Waals surface area contributed by atoms with Crippen LogP contribution >= 0.6 is 12.6 Å². The zero-order valence-electron chi connectivity index (χ0n) is 9.69. The Morgan fingerprint density at radius 2 is 2.35 bits per heavy atom. The van der Waals surface area contributed by atoms with Crippen molar-refractivity contribution in [2.45, 2.75) is 17.7 Å². The molecular weight excluding hydrogens is 234 g/mol. The predicted octanol–water partition coefficient (Wildman–Crippen LogP) is 2.28. The van der Waals surface area contributed by atoms with Crippen LogP contribution in [0.25, 0.3) is 6.08 Å². The molecule has 3 nitrogen and oxygen atoms in total. The average Bonchev–Trinajstić information content (AvgIpc) is 2.35. The monoisotopic (exact) mass is 249 g/mol. The van der Waals surface area contributed by atoms with Gasteiger partial charge in [-0.3, -0.25) is 4.79 Å². The zero-order valence-corrected chi connectivity index (χ0v) is 10.6. The van der Waals surface area contributed by atoms with Gasteiger partial charge in [-0.1, -0.05) is 0 Å². The van der Waals surface area contributed by atoms with Gasteiger partial charge in [-0.25, -0.2) is 0 Å². The second kappa shape index (κ2) is 5.27. The Balaban J connectivity index is 2.09. The average molecular weight is 249 g/mol. The molecule has 4 heteroatoms. The molecule has 1 aliphatic heterocycles. The van der Waals surface area contributed by atoms with E-state index in [4.69, 9.17) is 4.74 Å². The number of ether oxygens (including phenoxy) is 1. The van der Waals surface area contributed by atoms with Crippen molar-refractivity contribution in [3.05, 3.63) is 29.3 Å². The lowest BCUT2D eigenvalue weighted by molar-refractivity contribution is -0.120. The first-order valence-corrected chi connectivity index (χ1v) is 5.99. The molecule has 1 heterocycles. The standard InChI is InChI=1S/C13H15NO2S/c1-14-13(15)5-2-9-6-10-7-11(17)3-4-12(10)16-8-9/h3-4,6-7,17H,2,5,8H2,1H3,(H,14,15). The molecule has 17 heavy (non-hydrogen) atoms. The number of amides is 1. The summed E-state index contributed by atoms with van der Waals surface area (Å²) in [4.78, 5) is 12.1. The molecule has 1 aromatic rings. The Labute approximate surface area is 106 Å². The molecule has 0 fully saturated rings. The number of rotatable bonds is 3. The smallest absolute Gasteiger partial charge is 0.220 e. The number of fused-ring (bicyclic) bond motifs is 1. The van der Waals surface area contributed by atoms with Gasteiger partial charge in [-0.05, 0) is 36.3 Å². The first-order chi connectivity index (χ1) is 8.19. The molecule has 0 unspecified atom stereocenters. The molecule has 2 rings (SSSR count). The van der Waals surface area contributed by atoms with Crippen molar-refractivity contribution >= 4 is 24.6 Å². The second-order valence-corrected chi connectivity index (χ2v) is 4.50. The van der Waals surface area contributed by atoms with Gasteiger partial charge in [-0.2, -0.15) is 0 Å². The van der Waals surface area contributed by atoms with E-state index in [0.717, 1.165) is 28.2 Å². The number of nitrogens with one attached hydrogen (secondary N) is 1. The van der Waals surface area contributed by atoms with Crippen LogP contribution in [0.2, 0.25) is 0 Å². The minimum absolute atomic E-state index is 0.0552. The van der Waals surface area contributed by atoms with Gasteiger partial charge in [0.1, 0.15) is 12.4 Å². The van der Waals surface area contributed by atoms with E-state index in [1.807, 2.05) is 18.2 Å². The van der Waals surface area contributed by atoms with Crippen molar-refractivity contribution in [3.8, 4) is 5.75 Å². The fourth-order valence-corrected chi connectivity index (χ4v) is 1.97. The minimum Gasteiger partial charge on any atom is -0.489 e. The summed E-state index contributed by atoms with van der Waals surface area (Å²) in [6.45, 7) is 0.565. The Morgan fingerprint density at radius 1 is 1.53 bits per heavy atom. The van der Waals surface area contributed by atoms with Gasteiger partial charge in [0, 0.05) is 23.9 Å². The molecule has 0 saturated heterocycles. The molecule has 0 bridgehead atoms. The maximum Gasteiger partial charge on any atom is 0.220 e. The maximum absolute atomic E-state index is 11.2. The number of carbonyl (C=O) groups is 1. The van der Waals surface area contributed by atoms with Crippen molar-refractivity contribution in [1.29, 1.82) is 0 Å². The minimum atomic E-state index is 0.0552. The third kappa shape index (κ3) is 3.03. The molecule has 0 aliphatic carbocycles. The van der Waals surface area contributed by atoms with Crippen LogP contribution < -0.4 is 10.1 Å². The lowest BCUT2D eigenvalue weighted by atomic mass is 10.0. The largest absolute Gasteiger partial charge is 0.489 e. The highest BCUT2D eigenvalue weighted by molar-refractivity contribution is 7.80. The summed E-state index contributed by atoms with van der Waals surface area (Å²) >= 11 is 4.30. The molecule has 90 valence electrons. The predicted molar refractivity (Wildman–Crippen MR) is 70.5 cm³/mol. The highest BCUT2D eigenvalue weighted by Crippen LogP contribution is 2.29. The molecule has 0 saturated carbocycles. The van der Waals surface area contributed by atoms with Crippen LogP contribution in [0.4, 0.5) is 0 Å². The third-order valence-electron chi connectivity index (χ3n) is 2.72. The summed E-state index contributed by atoms with van der Waals surface area (Å²) in [5.74, 6) is 0.936. The topological polar surface area (TPSA) is 38.3 Å². The van der Waals surface area contributed by atoms with E-state index >= 15 is 0 Å². The van der Waals surface area contributed by atoms with Gasteiger partial charge >= 0.3 is 0 Å². The summed E-state index contributed by atoms with van der Waals surface area (Å²) < 4.78 is 5.62. The fourth-order valence-electron chi connectivity index (χ4n) is 1.76. The zero-order chi connectivity index (χ0) is 12.3. The Morgan fingerprint density at radius 3 is 3.12 bits per heavy atom. The summed E-state index contributed by atoms with van der Waals surface area (Å²) in [6.07, 6.45) is 3.32. The Bertz CT molecular complexity index is 468. The third-order valence-corrected chi connectivity index (χ3v) is 3.00. The summed E-state index contributed by atoms with van der Waals surface area (Å²) in [5, 5.41) is 2.61. The maximum atomic E-state index is 11.2. The molecule has 1 N–H and O–H groups in total. The molecule has 0 spiro atoms. The number of thiol groups is 1. The summed E-state index contributed by atoms with van der Waals surface area (Å²) in [6, 6.07) is 5.80. The van der Waals surface area contributed by atoms with Crippen LogP contribution in [0.5, 0.6) is 5.75 Å². The van der Waals surface area contributed by atoms with Crippen LogP contribution in [0.3, 0.4) is 0 Å². The van der Waals surface area contributed by atoms with E-state index in [0.29, 0.717) is 13.0 Å². The molecule has 0 radical (unpaired) electrons. The first-order valence-electron chi connectivity index (χ1n) is 5.55. The van der Waals surface area contributed by atoms with Crippen LogP contribution in [0, 0.1) is 0 Å². The van der Waals surface area contributed by atoms with Gasteiger partial charge < -0.3 is 10.1 Å². The van der Waals surface area contributed by atoms with Gasteiger partial charge in [-0.15, -0.1) is 12.6 Å². The fraction of sp³-hybridized carbons (Fsp3) is 0.308. The second-order valence-electron chi connectivity index (χ2n) is 3.99. The van der Waals surface area contributed by atoms with Crippen molar-refractivity contribution in [2.24, 2.45) is 0 Å². The van der Waals surface area contributed by atoms with E-state index in [1.54, 1.807) is 7.05 Å². The van der Waals surface area contributed by atoms with E-state index in [2.05, 4.69) is 24.0 Å². The number of hydrogen-bond acceptors (Lipinski definition) is 3.